The summed E-state index contributed by atoms with van der Waals surface area (Å²) >= 11 is 1.80. The zero-order valence-corrected chi connectivity index (χ0v) is 16.5. The maximum atomic E-state index is 12.8. The molecule has 0 radical (unpaired) electrons. The Hall–Kier alpha value is -1.49. The smallest absolute Gasteiger partial charge is 0.253 e. The molecule has 2 aromatic rings. The highest BCUT2D eigenvalue weighted by molar-refractivity contribution is 7.99. The van der Waals surface area contributed by atoms with Crippen LogP contribution >= 0.6 is 24.2 Å². The third-order valence-corrected chi connectivity index (χ3v) is 4.69. The van der Waals surface area contributed by atoms with E-state index in [0.717, 1.165) is 12.0 Å². The average Bonchev–Trinajstić information content (AvgIpc) is 2.59. The molecule has 0 bridgehead atoms. The Labute approximate surface area is 161 Å². The van der Waals surface area contributed by atoms with Crippen molar-refractivity contribution in [2.24, 2.45) is 5.73 Å². The Morgan fingerprint density at radius 2 is 1.68 bits per heavy atom. The van der Waals surface area contributed by atoms with Crippen LogP contribution in [0.4, 0.5) is 0 Å². The molecule has 3 nitrogen and oxygen atoms in total. The van der Waals surface area contributed by atoms with Crippen molar-refractivity contribution in [3.8, 4) is 0 Å². The standard InChI is InChI=1S/C20H26N2OS.ClH/c1-16(2)24-19-10-8-18(9-11-19)20(23)22(15-13-21)14-12-17-6-4-3-5-7-17;/h3-11,16H,12-15,21H2,1-2H3;1H. The molecule has 0 aliphatic carbocycles. The van der Waals surface area contributed by atoms with Crippen LogP contribution in [0.5, 0.6) is 0 Å². The number of thioether (sulfide) groups is 1. The lowest BCUT2D eigenvalue weighted by molar-refractivity contribution is 0.0762. The maximum absolute atomic E-state index is 12.8. The lowest BCUT2D eigenvalue weighted by atomic mass is 10.1. The normalized spacial score (nSPS) is 10.4. The van der Waals surface area contributed by atoms with E-state index in [1.165, 1.54) is 10.5 Å². The van der Waals surface area contributed by atoms with Gasteiger partial charge in [-0.15, -0.1) is 24.2 Å². The SMILES string of the molecule is CC(C)Sc1ccc(C(=O)N(CCN)CCc2ccccc2)cc1.Cl. The molecule has 136 valence electrons. The second-order valence-corrected chi connectivity index (χ2v) is 7.66. The molecule has 0 aromatic heterocycles. The van der Waals surface area contributed by atoms with E-state index in [9.17, 15) is 4.79 Å². The summed E-state index contributed by atoms with van der Waals surface area (Å²) < 4.78 is 0. The molecular weight excluding hydrogens is 352 g/mol. The highest BCUT2D eigenvalue weighted by Gasteiger charge is 2.15. The number of rotatable bonds is 8. The van der Waals surface area contributed by atoms with E-state index in [2.05, 4.69) is 26.0 Å². The first-order valence-electron chi connectivity index (χ1n) is 8.40. The van der Waals surface area contributed by atoms with Crippen LogP contribution in [0.15, 0.2) is 59.5 Å². The van der Waals surface area contributed by atoms with E-state index in [1.54, 1.807) is 11.8 Å². The topological polar surface area (TPSA) is 46.3 Å². The van der Waals surface area contributed by atoms with E-state index in [1.807, 2.05) is 47.4 Å². The fraction of sp³-hybridized carbons (Fsp3) is 0.350. The average molecular weight is 379 g/mol. The van der Waals surface area contributed by atoms with E-state index in [0.29, 0.717) is 24.9 Å². The highest BCUT2D eigenvalue weighted by atomic mass is 35.5. The molecule has 0 fully saturated rings. The fourth-order valence-corrected chi connectivity index (χ4v) is 3.35. The number of halogens is 1. The van der Waals surface area contributed by atoms with Crippen molar-refractivity contribution < 1.29 is 4.79 Å². The van der Waals surface area contributed by atoms with Gasteiger partial charge < -0.3 is 10.6 Å². The van der Waals surface area contributed by atoms with Crippen LogP contribution in [-0.4, -0.2) is 35.7 Å². The van der Waals surface area contributed by atoms with Gasteiger partial charge in [-0.1, -0.05) is 44.2 Å². The summed E-state index contributed by atoms with van der Waals surface area (Å²) in [4.78, 5) is 15.8. The number of benzene rings is 2. The number of nitrogens with zero attached hydrogens (tertiary/aromatic N) is 1. The summed E-state index contributed by atoms with van der Waals surface area (Å²) in [6.45, 7) is 6.06. The quantitative estimate of drug-likeness (QED) is 0.698. The lowest BCUT2D eigenvalue weighted by Crippen LogP contribution is -2.36. The molecule has 1 amide bonds. The van der Waals surface area contributed by atoms with Crippen LogP contribution in [0.1, 0.15) is 29.8 Å². The monoisotopic (exact) mass is 378 g/mol. The van der Waals surface area contributed by atoms with Gasteiger partial charge in [0, 0.05) is 35.3 Å². The number of nitrogens with two attached hydrogens (primary N) is 1. The predicted octanol–water partition coefficient (Wildman–Crippen LogP) is 4.25. The van der Waals surface area contributed by atoms with Gasteiger partial charge in [-0.3, -0.25) is 4.79 Å². The van der Waals surface area contributed by atoms with Crippen LogP contribution in [0.3, 0.4) is 0 Å². The largest absolute Gasteiger partial charge is 0.337 e. The Bertz CT molecular complexity index is 632. The summed E-state index contributed by atoms with van der Waals surface area (Å²) in [6, 6.07) is 18.1. The van der Waals surface area contributed by atoms with Crippen LogP contribution < -0.4 is 5.73 Å². The molecule has 0 unspecified atom stereocenters. The second-order valence-electron chi connectivity index (χ2n) is 6.01. The van der Waals surface area contributed by atoms with Gasteiger partial charge in [0.25, 0.3) is 5.91 Å². The molecule has 0 aliphatic rings. The zero-order chi connectivity index (χ0) is 17.4. The third kappa shape index (κ3) is 7.10. The van der Waals surface area contributed by atoms with Gasteiger partial charge in [-0.25, -0.2) is 0 Å². The van der Waals surface area contributed by atoms with Crippen LogP contribution in [0.25, 0.3) is 0 Å². The van der Waals surface area contributed by atoms with Gasteiger partial charge in [0.1, 0.15) is 0 Å². The summed E-state index contributed by atoms with van der Waals surface area (Å²) in [5, 5.41) is 0.533. The van der Waals surface area contributed by atoms with Crippen molar-refractivity contribution in [1.82, 2.24) is 4.90 Å². The minimum atomic E-state index is 0. The maximum Gasteiger partial charge on any atom is 0.253 e. The number of carbonyl (C=O) groups excluding carboxylic acids is 1. The molecule has 0 saturated carbocycles. The zero-order valence-electron chi connectivity index (χ0n) is 14.9. The Kier molecular flexibility index (Phi) is 9.65. The molecule has 0 spiro atoms. The third-order valence-electron chi connectivity index (χ3n) is 3.67. The van der Waals surface area contributed by atoms with E-state index in [4.69, 9.17) is 5.73 Å². The van der Waals surface area contributed by atoms with Crippen molar-refractivity contribution in [2.75, 3.05) is 19.6 Å². The minimum Gasteiger partial charge on any atom is -0.337 e. The highest BCUT2D eigenvalue weighted by Crippen LogP contribution is 2.23. The van der Waals surface area contributed by atoms with Gasteiger partial charge in [0.05, 0.1) is 0 Å². The first kappa shape index (κ1) is 21.6. The molecule has 0 aliphatic heterocycles. The second kappa shape index (κ2) is 11.2. The molecule has 0 atom stereocenters. The summed E-state index contributed by atoms with van der Waals surface area (Å²) in [6.07, 6.45) is 0.841. The van der Waals surface area contributed by atoms with Crippen molar-refractivity contribution >= 4 is 30.1 Å². The van der Waals surface area contributed by atoms with Crippen LogP contribution in [0, 0.1) is 0 Å². The molecule has 5 heteroatoms. The van der Waals surface area contributed by atoms with Crippen LogP contribution in [-0.2, 0) is 6.42 Å². The molecule has 2 rings (SSSR count). The van der Waals surface area contributed by atoms with Gasteiger partial charge in [0.2, 0.25) is 0 Å². The van der Waals surface area contributed by atoms with E-state index in [-0.39, 0.29) is 18.3 Å². The van der Waals surface area contributed by atoms with E-state index >= 15 is 0 Å². The summed E-state index contributed by atoms with van der Waals surface area (Å²) in [5.74, 6) is 0.0532. The molecular formula is C20H27ClN2OS. The Morgan fingerprint density at radius 1 is 1.04 bits per heavy atom. The summed E-state index contributed by atoms with van der Waals surface area (Å²) in [7, 11) is 0. The lowest BCUT2D eigenvalue weighted by Gasteiger charge is -2.22. The molecule has 0 saturated heterocycles. The molecule has 25 heavy (non-hydrogen) atoms. The van der Waals surface area contributed by atoms with Gasteiger partial charge in [0.15, 0.2) is 0 Å². The predicted molar refractivity (Wildman–Crippen MR) is 110 cm³/mol. The van der Waals surface area contributed by atoms with Gasteiger partial charge in [-0.05, 0) is 36.2 Å². The fourth-order valence-electron chi connectivity index (χ4n) is 2.51. The Morgan fingerprint density at radius 3 is 2.24 bits per heavy atom. The summed E-state index contributed by atoms with van der Waals surface area (Å²) in [5.41, 5.74) is 7.65. The van der Waals surface area contributed by atoms with Crippen molar-refractivity contribution in [2.45, 2.75) is 30.4 Å². The van der Waals surface area contributed by atoms with Crippen molar-refractivity contribution in [1.29, 1.82) is 0 Å². The van der Waals surface area contributed by atoms with Gasteiger partial charge >= 0.3 is 0 Å². The molecule has 0 heterocycles. The van der Waals surface area contributed by atoms with Gasteiger partial charge in [-0.2, -0.15) is 0 Å². The number of hydrogen-bond donors (Lipinski definition) is 1. The molecule has 2 N–H and O–H groups in total. The number of carbonyl (C=O) groups is 1. The van der Waals surface area contributed by atoms with Crippen LogP contribution in [0.2, 0.25) is 0 Å². The first-order chi connectivity index (χ1) is 11.6. The number of amides is 1. The number of hydrogen-bond acceptors (Lipinski definition) is 3. The molecule has 2 aromatic carbocycles. The van der Waals surface area contributed by atoms with E-state index < -0.39 is 0 Å². The Balaban J connectivity index is 0.00000312. The van der Waals surface area contributed by atoms with Crippen molar-refractivity contribution in [3.05, 3.63) is 65.7 Å². The first-order valence-corrected chi connectivity index (χ1v) is 9.28. The minimum absolute atomic E-state index is 0. The van der Waals surface area contributed by atoms with Crippen molar-refractivity contribution in [3.63, 3.8) is 0 Å².